The number of rotatable bonds is 4. The maximum Gasteiger partial charge on any atom is 0.279 e. The second-order valence-corrected chi connectivity index (χ2v) is 6.75. The van der Waals surface area contributed by atoms with Crippen LogP contribution in [-0.4, -0.2) is 38.6 Å². The van der Waals surface area contributed by atoms with Crippen molar-refractivity contribution in [3.8, 4) is 0 Å². The third-order valence-corrected chi connectivity index (χ3v) is 4.59. The Hall–Kier alpha value is -2.04. The molecule has 0 saturated carbocycles. The van der Waals surface area contributed by atoms with E-state index in [4.69, 9.17) is 11.6 Å². The third-order valence-electron chi connectivity index (χ3n) is 4.36. The van der Waals surface area contributed by atoms with Crippen molar-refractivity contribution in [3.05, 3.63) is 59.1 Å². The summed E-state index contributed by atoms with van der Waals surface area (Å²) < 4.78 is 0. The van der Waals surface area contributed by atoms with Crippen LogP contribution < -0.4 is 15.1 Å². The van der Waals surface area contributed by atoms with Crippen LogP contribution in [-0.2, 0) is 4.79 Å². The van der Waals surface area contributed by atoms with E-state index in [0.717, 1.165) is 48.1 Å². The number of piperazine rings is 1. The first kappa shape index (κ1) is 16.8. The molecule has 1 saturated heterocycles. The number of benzene rings is 2. The van der Waals surface area contributed by atoms with E-state index in [1.54, 1.807) is 0 Å². The summed E-state index contributed by atoms with van der Waals surface area (Å²) in [7, 11) is 0. The summed E-state index contributed by atoms with van der Waals surface area (Å²) in [5.41, 5.74) is 3.18. The maximum absolute atomic E-state index is 12.2. The fourth-order valence-corrected chi connectivity index (χ4v) is 3.27. The smallest absolute Gasteiger partial charge is 0.279 e. The lowest BCUT2D eigenvalue weighted by molar-refractivity contribution is -0.892. The van der Waals surface area contributed by atoms with Crippen LogP contribution in [0, 0.1) is 6.92 Å². The van der Waals surface area contributed by atoms with Gasteiger partial charge in [-0.3, -0.25) is 4.79 Å². The summed E-state index contributed by atoms with van der Waals surface area (Å²) >= 11 is 6.06. The van der Waals surface area contributed by atoms with Crippen molar-refractivity contribution in [2.75, 3.05) is 42.9 Å². The number of hydrogen-bond acceptors (Lipinski definition) is 2. The first-order chi connectivity index (χ1) is 11.6. The van der Waals surface area contributed by atoms with Crippen molar-refractivity contribution in [2.24, 2.45) is 0 Å². The van der Waals surface area contributed by atoms with Gasteiger partial charge in [-0.25, -0.2) is 0 Å². The number of carbonyl (C=O) groups excluding carboxylic acids is 1. The molecular formula is C19H23ClN3O+. The van der Waals surface area contributed by atoms with E-state index in [-0.39, 0.29) is 5.91 Å². The van der Waals surface area contributed by atoms with Gasteiger partial charge in [-0.15, -0.1) is 0 Å². The van der Waals surface area contributed by atoms with Gasteiger partial charge in [0.25, 0.3) is 5.91 Å². The van der Waals surface area contributed by atoms with E-state index in [1.165, 1.54) is 4.90 Å². The lowest BCUT2D eigenvalue weighted by atomic mass is 10.2. The molecule has 0 aromatic heterocycles. The van der Waals surface area contributed by atoms with Crippen molar-refractivity contribution in [1.82, 2.24) is 0 Å². The van der Waals surface area contributed by atoms with Gasteiger partial charge in [0.2, 0.25) is 0 Å². The number of amides is 1. The Kier molecular flexibility index (Phi) is 5.38. The molecule has 0 radical (unpaired) electrons. The minimum atomic E-state index is 0.0757. The largest absolute Gasteiger partial charge is 0.360 e. The van der Waals surface area contributed by atoms with E-state index in [1.807, 2.05) is 49.4 Å². The van der Waals surface area contributed by atoms with E-state index in [2.05, 4.69) is 16.3 Å². The lowest BCUT2D eigenvalue weighted by Crippen LogP contribution is -3.15. The number of aryl methyl sites for hydroxylation is 1. The van der Waals surface area contributed by atoms with Crippen LogP contribution in [0.15, 0.2) is 48.5 Å². The second kappa shape index (κ2) is 7.69. The summed E-state index contributed by atoms with van der Waals surface area (Å²) in [6, 6.07) is 15.9. The molecule has 0 atom stereocenters. The lowest BCUT2D eigenvalue weighted by Gasteiger charge is -2.33. The molecule has 2 aromatic carbocycles. The molecule has 2 N–H and O–H groups in total. The van der Waals surface area contributed by atoms with E-state index >= 15 is 0 Å². The Balaban J connectivity index is 1.49. The second-order valence-electron chi connectivity index (χ2n) is 6.31. The van der Waals surface area contributed by atoms with Crippen molar-refractivity contribution in [1.29, 1.82) is 0 Å². The van der Waals surface area contributed by atoms with Crippen molar-refractivity contribution >= 4 is 28.9 Å². The average Bonchev–Trinajstić information content (AvgIpc) is 2.55. The van der Waals surface area contributed by atoms with Gasteiger partial charge >= 0.3 is 0 Å². The molecule has 0 bridgehead atoms. The fraction of sp³-hybridized carbons (Fsp3) is 0.316. The highest BCUT2D eigenvalue weighted by atomic mass is 35.5. The van der Waals surface area contributed by atoms with Crippen LogP contribution in [0.5, 0.6) is 0 Å². The molecule has 4 nitrogen and oxygen atoms in total. The number of anilines is 2. The highest BCUT2D eigenvalue weighted by Gasteiger charge is 2.22. The van der Waals surface area contributed by atoms with Gasteiger partial charge in [-0.05, 0) is 42.8 Å². The van der Waals surface area contributed by atoms with Crippen LogP contribution in [0.3, 0.4) is 0 Å². The Labute approximate surface area is 148 Å². The van der Waals surface area contributed by atoms with Crippen molar-refractivity contribution in [3.63, 3.8) is 0 Å². The molecule has 3 rings (SSSR count). The van der Waals surface area contributed by atoms with Crippen molar-refractivity contribution < 1.29 is 9.69 Å². The predicted octanol–water partition coefficient (Wildman–Crippen LogP) is 1.99. The van der Waals surface area contributed by atoms with Gasteiger partial charge < -0.3 is 15.1 Å². The quantitative estimate of drug-likeness (QED) is 0.890. The average molecular weight is 345 g/mol. The molecular weight excluding hydrogens is 322 g/mol. The van der Waals surface area contributed by atoms with Gasteiger partial charge in [0.05, 0.1) is 26.2 Å². The number of halogens is 1. The van der Waals surface area contributed by atoms with Crippen LogP contribution >= 0.6 is 11.6 Å². The van der Waals surface area contributed by atoms with Gasteiger partial charge in [0.15, 0.2) is 6.54 Å². The number of nitrogens with zero attached hydrogens (tertiary/aromatic N) is 1. The van der Waals surface area contributed by atoms with E-state index in [0.29, 0.717) is 6.54 Å². The van der Waals surface area contributed by atoms with Crippen LogP contribution in [0.25, 0.3) is 0 Å². The normalized spacial score (nSPS) is 15.3. The first-order valence-electron chi connectivity index (χ1n) is 8.31. The zero-order valence-corrected chi connectivity index (χ0v) is 14.6. The molecule has 126 valence electrons. The minimum Gasteiger partial charge on any atom is -0.360 e. The molecule has 1 fully saturated rings. The summed E-state index contributed by atoms with van der Waals surface area (Å²) in [5, 5.41) is 3.75. The Morgan fingerprint density at radius 3 is 2.62 bits per heavy atom. The maximum atomic E-state index is 12.2. The SMILES string of the molecule is Cc1cccc(NC(=O)C[NH+]2CCN(c3cccc(Cl)c3)CC2)c1. The molecule has 0 spiro atoms. The number of nitrogens with one attached hydrogen (secondary N) is 2. The summed E-state index contributed by atoms with van der Waals surface area (Å²) in [6.07, 6.45) is 0. The number of quaternary nitrogens is 1. The minimum absolute atomic E-state index is 0.0757. The molecule has 24 heavy (non-hydrogen) atoms. The van der Waals surface area contributed by atoms with Gasteiger partial charge in [0, 0.05) is 16.4 Å². The predicted molar refractivity (Wildman–Crippen MR) is 99.0 cm³/mol. The molecule has 0 unspecified atom stereocenters. The summed E-state index contributed by atoms with van der Waals surface area (Å²) in [4.78, 5) is 15.9. The molecule has 1 amide bonds. The van der Waals surface area contributed by atoms with E-state index < -0.39 is 0 Å². The van der Waals surface area contributed by atoms with Crippen LogP contribution in [0.1, 0.15) is 5.56 Å². The zero-order valence-electron chi connectivity index (χ0n) is 13.9. The molecule has 5 heteroatoms. The zero-order chi connectivity index (χ0) is 16.9. The topological polar surface area (TPSA) is 36.8 Å². The highest BCUT2D eigenvalue weighted by molar-refractivity contribution is 6.30. The highest BCUT2D eigenvalue weighted by Crippen LogP contribution is 2.19. The molecule has 1 aliphatic rings. The Bertz CT molecular complexity index is 711. The van der Waals surface area contributed by atoms with Gasteiger partial charge in [-0.2, -0.15) is 0 Å². The van der Waals surface area contributed by atoms with Gasteiger partial charge in [-0.1, -0.05) is 29.8 Å². The molecule has 0 aliphatic carbocycles. The summed E-state index contributed by atoms with van der Waals surface area (Å²) in [5.74, 6) is 0.0757. The number of carbonyl (C=O) groups is 1. The first-order valence-corrected chi connectivity index (χ1v) is 8.68. The molecule has 1 heterocycles. The van der Waals surface area contributed by atoms with E-state index in [9.17, 15) is 4.79 Å². The third kappa shape index (κ3) is 4.49. The standard InChI is InChI=1S/C19H22ClN3O/c1-15-4-2-6-17(12-15)21-19(24)14-22-8-10-23(11-9-22)18-7-3-5-16(20)13-18/h2-7,12-13H,8-11,14H2,1H3,(H,21,24)/p+1. The monoisotopic (exact) mass is 344 g/mol. The van der Waals surface area contributed by atoms with Crippen molar-refractivity contribution in [2.45, 2.75) is 6.92 Å². The van der Waals surface area contributed by atoms with Crippen LogP contribution in [0.2, 0.25) is 5.02 Å². The van der Waals surface area contributed by atoms with Gasteiger partial charge in [0.1, 0.15) is 0 Å². The Morgan fingerprint density at radius 2 is 1.92 bits per heavy atom. The van der Waals surface area contributed by atoms with Crippen LogP contribution in [0.4, 0.5) is 11.4 Å². The molecule has 1 aliphatic heterocycles. The Morgan fingerprint density at radius 1 is 1.17 bits per heavy atom. The molecule has 2 aromatic rings. The fourth-order valence-electron chi connectivity index (χ4n) is 3.09. The summed E-state index contributed by atoms with van der Waals surface area (Å²) in [6.45, 7) is 6.32. The number of hydrogen-bond donors (Lipinski definition) is 2.